The van der Waals surface area contributed by atoms with Crippen molar-refractivity contribution in [1.82, 2.24) is 5.32 Å². The predicted molar refractivity (Wildman–Crippen MR) is 297 cm³/mol. The molecule has 0 aromatic rings. The lowest BCUT2D eigenvalue weighted by Crippen LogP contribution is -2.45. The Balaban J connectivity index is 3.47. The third-order valence-corrected chi connectivity index (χ3v) is 14.6. The van der Waals surface area contributed by atoms with Gasteiger partial charge < -0.3 is 20.3 Å². The summed E-state index contributed by atoms with van der Waals surface area (Å²) >= 11 is 0. The molecule has 0 saturated heterocycles. The van der Waals surface area contributed by atoms with Gasteiger partial charge in [0.1, 0.15) is 0 Å². The first-order valence-corrected chi connectivity index (χ1v) is 31.0. The second kappa shape index (κ2) is 58.2. The van der Waals surface area contributed by atoms with Crippen LogP contribution in [0.2, 0.25) is 0 Å². The van der Waals surface area contributed by atoms with Gasteiger partial charge in [0.15, 0.2) is 0 Å². The van der Waals surface area contributed by atoms with Crippen LogP contribution in [0.25, 0.3) is 0 Å². The van der Waals surface area contributed by atoms with Gasteiger partial charge in [0, 0.05) is 12.8 Å². The largest absolute Gasteiger partial charge is 0.466 e. The number of ether oxygens (including phenoxy) is 1. The second-order valence-electron chi connectivity index (χ2n) is 21.4. The van der Waals surface area contributed by atoms with E-state index in [-0.39, 0.29) is 18.5 Å². The number of rotatable bonds is 58. The summed E-state index contributed by atoms with van der Waals surface area (Å²) in [6.07, 6.45) is 69.6. The molecule has 0 aromatic heterocycles. The van der Waals surface area contributed by atoms with Crippen LogP contribution < -0.4 is 5.32 Å². The highest BCUT2D eigenvalue weighted by Crippen LogP contribution is 2.18. The fraction of sp³-hybridized carbons (Fsp3) is 0.935. The molecule has 1 amide bonds. The first-order chi connectivity index (χ1) is 33.5. The number of aliphatic hydroxyl groups excluding tert-OH is 2. The number of carbonyl (C=O) groups is 2. The maximum absolute atomic E-state index is 12.5. The highest BCUT2D eigenvalue weighted by Gasteiger charge is 2.18. The van der Waals surface area contributed by atoms with Crippen LogP contribution in [0.4, 0.5) is 0 Å². The van der Waals surface area contributed by atoms with Crippen LogP contribution in [0.15, 0.2) is 12.2 Å². The summed E-state index contributed by atoms with van der Waals surface area (Å²) in [6, 6.07) is -0.645. The molecule has 0 saturated carbocycles. The van der Waals surface area contributed by atoms with E-state index in [1.807, 2.05) is 6.08 Å². The van der Waals surface area contributed by atoms with Crippen LogP contribution in [0.5, 0.6) is 0 Å². The van der Waals surface area contributed by atoms with Crippen LogP contribution in [-0.4, -0.2) is 47.4 Å². The normalized spacial score (nSPS) is 12.6. The zero-order chi connectivity index (χ0) is 49.3. The van der Waals surface area contributed by atoms with E-state index in [2.05, 4.69) is 19.2 Å². The summed E-state index contributed by atoms with van der Waals surface area (Å²) in [5.74, 6) is -0.101. The van der Waals surface area contributed by atoms with Crippen molar-refractivity contribution in [1.29, 1.82) is 0 Å². The molecule has 0 aromatic carbocycles. The van der Waals surface area contributed by atoms with Crippen LogP contribution in [0.1, 0.15) is 348 Å². The molecule has 6 heteroatoms. The average molecular weight is 961 g/mol. The van der Waals surface area contributed by atoms with E-state index in [1.54, 1.807) is 6.08 Å². The number of unbranched alkanes of at least 4 members (excludes halogenated alkanes) is 47. The monoisotopic (exact) mass is 960 g/mol. The summed E-state index contributed by atoms with van der Waals surface area (Å²) in [5, 5.41) is 23.2. The molecule has 0 aliphatic carbocycles. The first-order valence-electron chi connectivity index (χ1n) is 31.0. The number of carbonyl (C=O) groups excluding carboxylic acids is 2. The zero-order valence-corrected chi connectivity index (χ0v) is 46.1. The van der Waals surface area contributed by atoms with E-state index < -0.39 is 12.1 Å². The average Bonchev–Trinajstić information content (AvgIpc) is 3.34. The van der Waals surface area contributed by atoms with Gasteiger partial charge in [0.2, 0.25) is 5.91 Å². The van der Waals surface area contributed by atoms with Crippen molar-refractivity contribution in [2.24, 2.45) is 0 Å². The van der Waals surface area contributed by atoms with Gasteiger partial charge in [-0.3, -0.25) is 9.59 Å². The standard InChI is InChI=1S/C62H121NO5/c1-3-5-7-9-11-13-15-17-19-21-23-24-25-26-27-28-30-32-34-38-42-46-50-54-60(65)59(58-64)63-61(66)55-51-47-43-39-36-37-41-45-49-53-57-68-62(67)56-52-48-44-40-35-33-31-29-22-20-18-16-14-12-10-8-6-4-2/h50,54,59-60,64-65H,3-49,51-53,55-58H2,1-2H3,(H,63,66)/b54-50+. The molecular formula is C62H121NO5. The maximum atomic E-state index is 12.5. The molecule has 6 nitrogen and oxygen atoms in total. The van der Waals surface area contributed by atoms with Gasteiger partial charge in [-0.2, -0.15) is 0 Å². The van der Waals surface area contributed by atoms with Crippen LogP contribution in [0, 0.1) is 0 Å². The Labute approximate surface area is 425 Å². The van der Waals surface area contributed by atoms with Gasteiger partial charge >= 0.3 is 5.97 Å². The van der Waals surface area contributed by atoms with Crippen molar-refractivity contribution in [3.05, 3.63) is 12.2 Å². The van der Waals surface area contributed by atoms with E-state index >= 15 is 0 Å². The Hall–Kier alpha value is -1.40. The van der Waals surface area contributed by atoms with Crippen molar-refractivity contribution in [2.45, 2.75) is 360 Å². The lowest BCUT2D eigenvalue weighted by atomic mass is 10.0. The molecule has 2 atom stereocenters. The Morgan fingerprint density at radius 2 is 0.676 bits per heavy atom. The molecule has 0 bridgehead atoms. The summed E-state index contributed by atoms with van der Waals surface area (Å²) in [5.41, 5.74) is 0. The SMILES string of the molecule is CCCCCCCCCCCCCCCCCCCCCCC/C=C/C(O)C(CO)NC(=O)CCCCCCCCCCCCOC(=O)CCCCCCCCCCCCCCCCCCCC. The van der Waals surface area contributed by atoms with E-state index in [0.717, 1.165) is 57.8 Å². The molecule has 0 fully saturated rings. The number of hydrogen-bond donors (Lipinski definition) is 3. The topological polar surface area (TPSA) is 95.9 Å². The number of allylic oxidation sites excluding steroid dienone is 1. The Kier molecular flexibility index (Phi) is 57.0. The minimum atomic E-state index is -0.859. The molecule has 404 valence electrons. The summed E-state index contributed by atoms with van der Waals surface area (Å²) in [7, 11) is 0. The van der Waals surface area contributed by atoms with E-state index in [0.29, 0.717) is 19.4 Å². The van der Waals surface area contributed by atoms with Crippen molar-refractivity contribution in [3.63, 3.8) is 0 Å². The Morgan fingerprint density at radius 3 is 1.00 bits per heavy atom. The van der Waals surface area contributed by atoms with Gasteiger partial charge in [-0.25, -0.2) is 0 Å². The minimum Gasteiger partial charge on any atom is -0.466 e. The Morgan fingerprint density at radius 1 is 0.397 bits per heavy atom. The van der Waals surface area contributed by atoms with Gasteiger partial charge in [0.05, 0.1) is 25.4 Å². The fourth-order valence-electron chi connectivity index (χ4n) is 9.81. The van der Waals surface area contributed by atoms with E-state index in [4.69, 9.17) is 4.74 Å². The molecule has 0 aliphatic rings. The summed E-state index contributed by atoms with van der Waals surface area (Å²) in [6.45, 7) is 4.89. The number of hydrogen-bond acceptors (Lipinski definition) is 5. The molecule has 0 aliphatic heterocycles. The summed E-state index contributed by atoms with van der Waals surface area (Å²) < 4.78 is 5.48. The van der Waals surface area contributed by atoms with Crippen molar-refractivity contribution in [2.75, 3.05) is 13.2 Å². The number of amides is 1. The first kappa shape index (κ1) is 66.6. The van der Waals surface area contributed by atoms with Gasteiger partial charge in [-0.15, -0.1) is 0 Å². The molecule has 0 rings (SSSR count). The van der Waals surface area contributed by atoms with E-state index in [1.165, 1.54) is 263 Å². The second-order valence-corrected chi connectivity index (χ2v) is 21.4. The maximum Gasteiger partial charge on any atom is 0.305 e. The quantitative estimate of drug-likeness (QED) is 0.0321. The third-order valence-electron chi connectivity index (χ3n) is 14.6. The lowest BCUT2D eigenvalue weighted by molar-refractivity contribution is -0.143. The number of nitrogens with one attached hydrogen (secondary N) is 1. The van der Waals surface area contributed by atoms with E-state index in [9.17, 15) is 19.8 Å². The highest BCUT2D eigenvalue weighted by atomic mass is 16.5. The number of esters is 1. The lowest BCUT2D eigenvalue weighted by Gasteiger charge is -2.20. The predicted octanol–water partition coefficient (Wildman–Crippen LogP) is 19.2. The Bertz CT molecular complexity index is 1020. The molecule has 3 N–H and O–H groups in total. The summed E-state index contributed by atoms with van der Waals surface area (Å²) in [4.78, 5) is 24.6. The van der Waals surface area contributed by atoms with Crippen LogP contribution in [0.3, 0.4) is 0 Å². The van der Waals surface area contributed by atoms with Crippen molar-refractivity contribution in [3.8, 4) is 0 Å². The zero-order valence-electron chi connectivity index (χ0n) is 46.1. The van der Waals surface area contributed by atoms with Crippen molar-refractivity contribution >= 4 is 11.9 Å². The smallest absolute Gasteiger partial charge is 0.305 e. The van der Waals surface area contributed by atoms with Gasteiger partial charge in [0.25, 0.3) is 0 Å². The highest BCUT2D eigenvalue weighted by molar-refractivity contribution is 5.76. The molecule has 0 spiro atoms. The number of aliphatic hydroxyl groups is 2. The molecule has 2 unspecified atom stereocenters. The van der Waals surface area contributed by atoms with Gasteiger partial charge in [-0.1, -0.05) is 315 Å². The van der Waals surface area contributed by atoms with Crippen molar-refractivity contribution < 1.29 is 24.5 Å². The molecule has 68 heavy (non-hydrogen) atoms. The fourth-order valence-corrected chi connectivity index (χ4v) is 9.81. The molecular weight excluding hydrogens is 839 g/mol. The van der Waals surface area contributed by atoms with Crippen LogP contribution >= 0.6 is 0 Å². The molecule has 0 heterocycles. The minimum absolute atomic E-state index is 0.0152. The van der Waals surface area contributed by atoms with Crippen LogP contribution in [-0.2, 0) is 14.3 Å². The third kappa shape index (κ3) is 53.9. The molecule has 0 radical (unpaired) electrons. The van der Waals surface area contributed by atoms with Gasteiger partial charge in [-0.05, 0) is 32.1 Å².